The van der Waals surface area contributed by atoms with Crippen molar-refractivity contribution in [3.63, 3.8) is 0 Å². The lowest BCUT2D eigenvalue weighted by Gasteiger charge is -2.33. The van der Waals surface area contributed by atoms with Crippen LogP contribution < -0.4 is 4.74 Å². The van der Waals surface area contributed by atoms with Crippen molar-refractivity contribution in [1.82, 2.24) is 4.90 Å². The molecule has 1 unspecified atom stereocenters. The summed E-state index contributed by atoms with van der Waals surface area (Å²) >= 11 is 0. The quantitative estimate of drug-likeness (QED) is 0.501. The van der Waals surface area contributed by atoms with Gasteiger partial charge in [0, 0.05) is 19.6 Å². The molecule has 0 heterocycles. The highest BCUT2D eigenvalue weighted by molar-refractivity contribution is 5.72. The molecule has 7 nitrogen and oxygen atoms in total. The average molecular weight is 448 g/mol. The van der Waals surface area contributed by atoms with Crippen LogP contribution in [0.2, 0.25) is 0 Å². The Labute approximate surface area is 191 Å². The minimum Gasteiger partial charge on any atom is -0.492 e. The van der Waals surface area contributed by atoms with Gasteiger partial charge in [-0.2, -0.15) is 0 Å². The first kappa shape index (κ1) is 24.4. The molecule has 1 aromatic carbocycles. The van der Waals surface area contributed by atoms with Crippen LogP contribution in [0.5, 0.6) is 5.75 Å². The zero-order valence-electron chi connectivity index (χ0n) is 19.2. The van der Waals surface area contributed by atoms with E-state index >= 15 is 0 Å². The molecular weight excluding hydrogens is 410 g/mol. The van der Waals surface area contributed by atoms with E-state index in [1.54, 1.807) is 6.92 Å². The maximum Gasteiger partial charge on any atom is 0.410 e. The van der Waals surface area contributed by atoms with Gasteiger partial charge < -0.3 is 24.2 Å². The third kappa shape index (κ3) is 7.69. The average Bonchev–Trinajstić information content (AvgIpc) is 2.76. The lowest BCUT2D eigenvalue weighted by Crippen LogP contribution is -2.41. The molecule has 0 radical (unpaired) electrons. The van der Waals surface area contributed by atoms with Crippen LogP contribution in [0.3, 0.4) is 0 Å². The van der Waals surface area contributed by atoms with Gasteiger partial charge in [-0.05, 0) is 69.1 Å². The molecule has 0 aromatic heterocycles. The SMILES string of the molecule is CCOC(Cc1ccc(OCCN(CC2CCC2)C(=O)OC2CCCCC2)cc1)C(=O)O. The van der Waals surface area contributed by atoms with Crippen LogP contribution in [-0.4, -0.2) is 60.6 Å². The molecule has 32 heavy (non-hydrogen) atoms. The van der Waals surface area contributed by atoms with Gasteiger partial charge in [-0.25, -0.2) is 9.59 Å². The Morgan fingerprint density at radius 1 is 1.06 bits per heavy atom. The maximum absolute atomic E-state index is 12.8. The van der Waals surface area contributed by atoms with Gasteiger partial charge >= 0.3 is 12.1 Å². The second-order valence-corrected chi connectivity index (χ2v) is 8.87. The first-order chi connectivity index (χ1) is 15.5. The Balaban J connectivity index is 1.47. The molecule has 0 spiro atoms. The molecule has 0 saturated heterocycles. The second kappa shape index (κ2) is 12.7. The Morgan fingerprint density at radius 3 is 2.38 bits per heavy atom. The van der Waals surface area contributed by atoms with Crippen molar-refractivity contribution in [1.29, 1.82) is 0 Å². The fourth-order valence-electron chi connectivity index (χ4n) is 4.27. The van der Waals surface area contributed by atoms with Gasteiger partial charge in [0.25, 0.3) is 0 Å². The van der Waals surface area contributed by atoms with Crippen molar-refractivity contribution < 1.29 is 28.9 Å². The van der Waals surface area contributed by atoms with E-state index in [0.29, 0.717) is 37.8 Å². The molecule has 0 bridgehead atoms. The summed E-state index contributed by atoms with van der Waals surface area (Å²) in [6.07, 6.45) is 8.35. The van der Waals surface area contributed by atoms with Crippen LogP contribution in [0.15, 0.2) is 24.3 Å². The molecule has 7 heteroatoms. The predicted molar refractivity (Wildman–Crippen MR) is 121 cm³/mol. The Morgan fingerprint density at radius 2 is 1.78 bits per heavy atom. The zero-order valence-corrected chi connectivity index (χ0v) is 19.2. The molecule has 0 aliphatic heterocycles. The van der Waals surface area contributed by atoms with Gasteiger partial charge in [-0.3, -0.25) is 0 Å². The predicted octanol–water partition coefficient (Wildman–Crippen LogP) is 4.67. The molecule has 3 rings (SSSR count). The van der Waals surface area contributed by atoms with Gasteiger partial charge in [0.05, 0.1) is 6.54 Å². The molecule has 1 aromatic rings. The molecule has 178 valence electrons. The fourth-order valence-corrected chi connectivity index (χ4v) is 4.27. The van der Waals surface area contributed by atoms with Crippen molar-refractivity contribution in [3.05, 3.63) is 29.8 Å². The summed E-state index contributed by atoms with van der Waals surface area (Å²) in [5.74, 6) is 0.306. The summed E-state index contributed by atoms with van der Waals surface area (Å²) in [5.41, 5.74) is 0.876. The van der Waals surface area contributed by atoms with Crippen LogP contribution >= 0.6 is 0 Å². The number of carbonyl (C=O) groups is 2. The van der Waals surface area contributed by atoms with Crippen LogP contribution in [0.1, 0.15) is 63.9 Å². The normalized spacial score (nSPS) is 17.9. The molecule has 2 aliphatic rings. The lowest BCUT2D eigenvalue weighted by atomic mass is 9.85. The number of benzene rings is 1. The van der Waals surface area contributed by atoms with Crippen LogP contribution in [-0.2, 0) is 20.7 Å². The van der Waals surface area contributed by atoms with Gasteiger partial charge in [0.1, 0.15) is 18.5 Å². The number of aliphatic carboxylic acids is 1. The maximum atomic E-state index is 12.8. The molecule has 2 saturated carbocycles. The first-order valence-electron chi connectivity index (χ1n) is 12.1. The summed E-state index contributed by atoms with van der Waals surface area (Å²) in [4.78, 5) is 25.8. The molecule has 1 amide bonds. The molecule has 1 N–H and O–H groups in total. The summed E-state index contributed by atoms with van der Waals surface area (Å²) in [6, 6.07) is 7.37. The number of carboxylic acid groups (broad SMARTS) is 1. The fraction of sp³-hybridized carbons (Fsp3) is 0.680. The standard InChI is InChI=1S/C25H37NO6/c1-2-30-23(24(27)28)17-19-11-13-21(14-12-19)31-16-15-26(18-20-7-6-8-20)25(29)32-22-9-4-3-5-10-22/h11-14,20,22-23H,2-10,15-18H2,1H3,(H,27,28). The van der Waals surface area contributed by atoms with E-state index in [2.05, 4.69) is 0 Å². The van der Waals surface area contributed by atoms with Crippen molar-refractivity contribution in [2.45, 2.75) is 76.9 Å². The molecule has 1 atom stereocenters. The topological polar surface area (TPSA) is 85.3 Å². The number of hydrogen-bond acceptors (Lipinski definition) is 5. The van der Waals surface area contributed by atoms with Crippen molar-refractivity contribution in [2.24, 2.45) is 5.92 Å². The number of carboxylic acids is 1. The van der Waals surface area contributed by atoms with E-state index in [0.717, 1.165) is 37.8 Å². The third-order valence-corrected chi connectivity index (χ3v) is 6.40. The Kier molecular flexibility index (Phi) is 9.65. The number of nitrogens with zero attached hydrogens (tertiary/aromatic N) is 1. The minimum absolute atomic E-state index is 0.0555. The third-order valence-electron chi connectivity index (χ3n) is 6.40. The number of ether oxygens (including phenoxy) is 3. The van der Waals surface area contributed by atoms with Crippen LogP contribution in [0, 0.1) is 5.92 Å². The van der Waals surface area contributed by atoms with E-state index in [1.165, 1.54) is 25.7 Å². The van der Waals surface area contributed by atoms with Crippen molar-refractivity contribution in [3.8, 4) is 5.75 Å². The highest BCUT2D eigenvalue weighted by Gasteiger charge is 2.27. The monoisotopic (exact) mass is 447 g/mol. The molecule has 2 aliphatic carbocycles. The van der Waals surface area contributed by atoms with Gasteiger partial charge in [-0.15, -0.1) is 0 Å². The van der Waals surface area contributed by atoms with Crippen LogP contribution in [0.4, 0.5) is 4.79 Å². The minimum atomic E-state index is -0.959. The molecule has 2 fully saturated rings. The smallest absolute Gasteiger partial charge is 0.410 e. The second-order valence-electron chi connectivity index (χ2n) is 8.87. The van der Waals surface area contributed by atoms with Crippen molar-refractivity contribution in [2.75, 3.05) is 26.3 Å². The van der Waals surface area contributed by atoms with E-state index in [-0.39, 0.29) is 12.2 Å². The Hall–Kier alpha value is -2.28. The number of rotatable bonds is 12. The van der Waals surface area contributed by atoms with Gasteiger partial charge in [0.2, 0.25) is 0 Å². The zero-order chi connectivity index (χ0) is 22.8. The number of hydrogen-bond donors (Lipinski definition) is 1. The van der Waals surface area contributed by atoms with E-state index < -0.39 is 12.1 Å². The van der Waals surface area contributed by atoms with Crippen LogP contribution in [0.25, 0.3) is 0 Å². The summed E-state index contributed by atoms with van der Waals surface area (Å²) in [7, 11) is 0. The summed E-state index contributed by atoms with van der Waals surface area (Å²) in [6.45, 7) is 3.77. The highest BCUT2D eigenvalue weighted by atomic mass is 16.6. The Bertz CT molecular complexity index is 712. The van der Waals surface area contributed by atoms with Gasteiger partial charge in [-0.1, -0.05) is 25.0 Å². The summed E-state index contributed by atoms with van der Waals surface area (Å²) < 4.78 is 16.9. The number of carbonyl (C=O) groups excluding carboxylic acids is 1. The highest BCUT2D eigenvalue weighted by Crippen LogP contribution is 2.28. The molecular formula is C25H37NO6. The van der Waals surface area contributed by atoms with E-state index in [4.69, 9.17) is 14.2 Å². The van der Waals surface area contributed by atoms with Crippen molar-refractivity contribution >= 4 is 12.1 Å². The lowest BCUT2D eigenvalue weighted by molar-refractivity contribution is -0.149. The number of amides is 1. The van der Waals surface area contributed by atoms with Gasteiger partial charge in [0.15, 0.2) is 6.10 Å². The van der Waals surface area contributed by atoms with E-state index in [1.807, 2.05) is 29.2 Å². The summed E-state index contributed by atoms with van der Waals surface area (Å²) in [5, 5.41) is 9.23. The first-order valence-corrected chi connectivity index (χ1v) is 12.1. The van der Waals surface area contributed by atoms with E-state index in [9.17, 15) is 14.7 Å². The largest absolute Gasteiger partial charge is 0.492 e.